The summed E-state index contributed by atoms with van der Waals surface area (Å²) in [7, 11) is 0. The van der Waals surface area contributed by atoms with Crippen molar-refractivity contribution in [3.8, 4) is 5.88 Å². The molecule has 1 heterocycles. The smallest absolute Gasteiger partial charge is 0.449 e. The number of aromatic amines is 1. The average Bonchev–Trinajstić information content (AvgIpc) is 2.93. The number of carbonyl (C=O) groups excluding carboxylic acids is 1. The summed E-state index contributed by atoms with van der Waals surface area (Å²) >= 11 is 0. The van der Waals surface area contributed by atoms with Crippen molar-refractivity contribution in [1.29, 1.82) is 0 Å². The number of nitrogens with one attached hydrogen (secondary N) is 1. The highest BCUT2D eigenvalue weighted by Crippen LogP contribution is 2.25. The molecule has 0 unspecified atom stereocenters. The molecule has 0 atom stereocenters. The fraction of sp³-hybridized carbons (Fsp3) is 0. The molecule has 5 nitrogen and oxygen atoms in total. The Hall–Kier alpha value is -3.08. The van der Waals surface area contributed by atoms with Gasteiger partial charge in [0, 0.05) is 11.8 Å². The molecule has 0 amide bonds. The van der Waals surface area contributed by atoms with E-state index in [4.69, 9.17) is 5.11 Å². The summed E-state index contributed by atoms with van der Waals surface area (Å²) in [5, 5.41) is 10.4. The van der Waals surface area contributed by atoms with Gasteiger partial charge in [0.2, 0.25) is 5.88 Å². The first kappa shape index (κ1) is 12.9. The van der Waals surface area contributed by atoms with Crippen LogP contribution in [0.15, 0.2) is 54.7 Å². The topological polar surface area (TPSA) is 79.4 Å². The van der Waals surface area contributed by atoms with E-state index < -0.39 is 6.16 Å². The quantitative estimate of drug-likeness (QED) is 0.569. The zero-order valence-corrected chi connectivity index (χ0v) is 10.9. The second-order valence-corrected chi connectivity index (χ2v) is 4.44. The summed E-state index contributed by atoms with van der Waals surface area (Å²) in [5.41, 5.74) is 0.691. The SMILES string of the molecule is O=C(O)Oc1[nH]ccc1C(=O)c1cccc2ccccc12. The molecule has 0 aliphatic carbocycles. The fourth-order valence-electron chi connectivity index (χ4n) is 2.27. The molecule has 0 aliphatic heterocycles. The lowest BCUT2D eigenvalue weighted by molar-refractivity contribution is 0.103. The summed E-state index contributed by atoms with van der Waals surface area (Å²) in [5.74, 6) is -0.357. The molecule has 2 aromatic carbocycles. The van der Waals surface area contributed by atoms with Gasteiger partial charge in [-0.05, 0) is 16.8 Å². The minimum atomic E-state index is -1.47. The maximum absolute atomic E-state index is 12.6. The van der Waals surface area contributed by atoms with Crippen LogP contribution in [-0.4, -0.2) is 22.0 Å². The minimum Gasteiger partial charge on any atom is -0.449 e. The predicted molar refractivity (Wildman–Crippen MR) is 76.8 cm³/mol. The van der Waals surface area contributed by atoms with E-state index in [0.717, 1.165) is 10.8 Å². The van der Waals surface area contributed by atoms with Gasteiger partial charge in [-0.15, -0.1) is 0 Å². The van der Waals surface area contributed by atoms with Crippen LogP contribution in [0.2, 0.25) is 0 Å². The van der Waals surface area contributed by atoms with Gasteiger partial charge < -0.3 is 14.8 Å². The molecule has 0 saturated carbocycles. The zero-order chi connectivity index (χ0) is 14.8. The van der Waals surface area contributed by atoms with Crippen LogP contribution >= 0.6 is 0 Å². The molecule has 2 N–H and O–H groups in total. The van der Waals surface area contributed by atoms with Crippen molar-refractivity contribution < 1.29 is 19.4 Å². The molecule has 104 valence electrons. The lowest BCUT2D eigenvalue weighted by Gasteiger charge is -2.06. The molecule has 0 aliphatic rings. The van der Waals surface area contributed by atoms with E-state index in [-0.39, 0.29) is 17.2 Å². The number of carbonyl (C=O) groups is 2. The number of hydrogen-bond donors (Lipinski definition) is 2. The lowest BCUT2D eigenvalue weighted by Crippen LogP contribution is -2.08. The number of rotatable bonds is 3. The van der Waals surface area contributed by atoms with E-state index in [9.17, 15) is 9.59 Å². The van der Waals surface area contributed by atoms with Crippen molar-refractivity contribution >= 4 is 22.7 Å². The van der Waals surface area contributed by atoms with Gasteiger partial charge in [-0.1, -0.05) is 42.5 Å². The average molecular weight is 281 g/mol. The Morgan fingerprint density at radius 2 is 1.71 bits per heavy atom. The summed E-state index contributed by atoms with van der Waals surface area (Å²) in [4.78, 5) is 25.9. The lowest BCUT2D eigenvalue weighted by atomic mass is 9.98. The number of carboxylic acid groups (broad SMARTS) is 1. The van der Waals surface area contributed by atoms with Gasteiger partial charge in [0.05, 0.1) is 5.56 Å². The molecule has 0 radical (unpaired) electrons. The van der Waals surface area contributed by atoms with Gasteiger partial charge in [0.15, 0.2) is 5.78 Å². The Bertz CT molecular complexity index is 830. The third kappa shape index (κ3) is 2.36. The molecule has 21 heavy (non-hydrogen) atoms. The van der Waals surface area contributed by atoms with E-state index in [1.165, 1.54) is 12.3 Å². The maximum atomic E-state index is 12.6. The number of ketones is 1. The van der Waals surface area contributed by atoms with E-state index in [1.807, 2.05) is 30.3 Å². The first-order chi connectivity index (χ1) is 10.2. The van der Waals surface area contributed by atoms with E-state index in [0.29, 0.717) is 5.56 Å². The van der Waals surface area contributed by atoms with Crippen molar-refractivity contribution in [3.05, 3.63) is 65.9 Å². The number of benzene rings is 2. The Morgan fingerprint density at radius 3 is 2.52 bits per heavy atom. The molecule has 5 heteroatoms. The van der Waals surface area contributed by atoms with Crippen LogP contribution in [0.3, 0.4) is 0 Å². The highest BCUT2D eigenvalue weighted by Gasteiger charge is 2.19. The van der Waals surface area contributed by atoms with Crippen molar-refractivity contribution in [1.82, 2.24) is 4.98 Å². The third-order valence-electron chi connectivity index (χ3n) is 3.18. The fourth-order valence-corrected chi connectivity index (χ4v) is 2.27. The van der Waals surface area contributed by atoms with E-state index >= 15 is 0 Å². The number of H-pyrrole nitrogens is 1. The molecule has 0 bridgehead atoms. The van der Waals surface area contributed by atoms with Crippen LogP contribution in [0.4, 0.5) is 4.79 Å². The largest absolute Gasteiger partial charge is 0.512 e. The second-order valence-electron chi connectivity index (χ2n) is 4.44. The Balaban J connectivity index is 2.09. The molecule has 3 rings (SSSR count). The highest BCUT2D eigenvalue weighted by molar-refractivity contribution is 6.17. The minimum absolute atomic E-state index is 0.0690. The summed E-state index contributed by atoms with van der Waals surface area (Å²) in [6, 6.07) is 14.4. The number of fused-ring (bicyclic) bond motifs is 1. The molecule has 0 saturated heterocycles. The van der Waals surface area contributed by atoms with Crippen LogP contribution in [0, 0.1) is 0 Å². The third-order valence-corrected chi connectivity index (χ3v) is 3.18. The van der Waals surface area contributed by atoms with Crippen molar-refractivity contribution in [3.63, 3.8) is 0 Å². The first-order valence-electron chi connectivity index (χ1n) is 6.27. The summed E-state index contributed by atoms with van der Waals surface area (Å²) in [6.45, 7) is 0. The summed E-state index contributed by atoms with van der Waals surface area (Å²) < 4.78 is 4.58. The maximum Gasteiger partial charge on any atom is 0.512 e. The van der Waals surface area contributed by atoms with E-state index in [1.54, 1.807) is 12.1 Å². The molecular formula is C16H11NO4. The predicted octanol–water partition coefficient (Wildman–Crippen LogP) is 3.46. The van der Waals surface area contributed by atoms with Gasteiger partial charge in [-0.25, -0.2) is 4.79 Å². The number of aromatic nitrogens is 1. The van der Waals surface area contributed by atoms with Crippen LogP contribution in [-0.2, 0) is 0 Å². The zero-order valence-electron chi connectivity index (χ0n) is 10.9. The van der Waals surface area contributed by atoms with Gasteiger partial charge in [0.25, 0.3) is 0 Å². The Kier molecular flexibility index (Phi) is 3.16. The Labute approximate surface area is 119 Å². The van der Waals surface area contributed by atoms with Crippen LogP contribution in [0.5, 0.6) is 5.88 Å². The highest BCUT2D eigenvalue weighted by atomic mass is 16.7. The van der Waals surface area contributed by atoms with Crippen LogP contribution < -0.4 is 4.74 Å². The molecule has 0 fully saturated rings. The van der Waals surface area contributed by atoms with Crippen molar-refractivity contribution in [2.45, 2.75) is 0 Å². The number of hydrogen-bond acceptors (Lipinski definition) is 3. The monoisotopic (exact) mass is 281 g/mol. The van der Waals surface area contributed by atoms with E-state index in [2.05, 4.69) is 9.72 Å². The standard InChI is InChI=1S/C16H11NO4/c18-14(13-8-9-17-15(13)21-16(19)20)12-7-3-5-10-4-1-2-6-11(10)12/h1-9,17H,(H,19,20). The van der Waals surface area contributed by atoms with Crippen LogP contribution in [0.1, 0.15) is 15.9 Å². The number of ether oxygens (including phenoxy) is 1. The molecule has 0 spiro atoms. The summed E-state index contributed by atoms with van der Waals surface area (Å²) in [6.07, 6.45) is 0.000756. The van der Waals surface area contributed by atoms with Crippen LogP contribution in [0.25, 0.3) is 10.8 Å². The van der Waals surface area contributed by atoms with Crippen molar-refractivity contribution in [2.24, 2.45) is 0 Å². The second kappa shape index (κ2) is 5.13. The molecular weight excluding hydrogens is 270 g/mol. The normalized spacial score (nSPS) is 10.5. The van der Waals surface area contributed by atoms with Gasteiger partial charge >= 0.3 is 6.16 Å². The van der Waals surface area contributed by atoms with Gasteiger partial charge in [-0.2, -0.15) is 0 Å². The van der Waals surface area contributed by atoms with Crippen molar-refractivity contribution in [2.75, 3.05) is 0 Å². The first-order valence-corrected chi connectivity index (χ1v) is 6.27. The van der Waals surface area contributed by atoms with Gasteiger partial charge in [0.1, 0.15) is 0 Å². The molecule has 1 aromatic heterocycles. The van der Waals surface area contributed by atoms with Gasteiger partial charge in [-0.3, -0.25) is 4.79 Å². The Morgan fingerprint density at radius 1 is 0.952 bits per heavy atom. The molecule has 3 aromatic rings.